The zero-order chi connectivity index (χ0) is 11.4. The molecule has 0 aromatic heterocycles. The van der Waals surface area contributed by atoms with E-state index in [0.717, 1.165) is 18.3 Å². The summed E-state index contributed by atoms with van der Waals surface area (Å²) in [5.74, 6) is 0. The highest BCUT2D eigenvalue weighted by Crippen LogP contribution is 2.27. The second-order valence-electron chi connectivity index (χ2n) is 4.34. The van der Waals surface area contributed by atoms with Crippen LogP contribution < -0.4 is 0 Å². The Bertz CT molecular complexity index is 353. The van der Waals surface area contributed by atoms with Gasteiger partial charge in [0.2, 0.25) is 0 Å². The lowest BCUT2D eigenvalue weighted by atomic mass is 9.91. The summed E-state index contributed by atoms with van der Waals surface area (Å²) in [5, 5.41) is 0. The highest BCUT2D eigenvalue weighted by Gasteiger charge is 2.32. The number of alkyl halides is 1. The number of halogens is 1. The maximum absolute atomic E-state index is 14.2. The summed E-state index contributed by atoms with van der Waals surface area (Å²) >= 11 is 0. The lowest BCUT2D eigenvalue weighted by molar-refractivity contribution is -0.0308. The normalized spacial score (nSPS) is 25.3. The summed E-state index contributed by atoms with van der Waals surface area (Å²) in [6.07, 6.45) is 2.50. The lowest BCUT2D eigenvalue weighted by Crippen LogP contribution is -2.36. The van der Waals surface area contributed by atoms with Crippen molar-refractivity contribution in [2.45, 2.75) is 24.9 Å². The number of hydrogen-bond donors (Lipinski definition) is 0. The molecule has 1 unspecified atom stereocenters. The number of ether oxygens (including phenoxy) is 1. The van der Waals surface area contributed by atoms with Crippen molar-refractivity contribution in [3.8, 4) is 0 Å². The van der Waals surface area contributed by atoms with Gasteiger partial charge >= 0.3 is 0 Å². The molecule has 0 radical (unpaired) electrons. The van der Waals surface area contributed by atoms with Gasteiger partial charge in [-0.2, -0.15) is 0 Å². The monoisotopic (exact) mass is 222 g/mol. The Morgan fingerprint density at radius 2 is 2.12 bits per heavy atom. The van der Waals surface area contributed by atoms with Crippen LogP contribution >= 0.6 is 0 Å². The van der Waals surface area contributed by atoms with E-state index in [1.807, 2.05) is 0 Å². The molecule has 2 rings (SSSR count). The molecule has 0 N–H and O–H groups in total. The van der Waals surface area contributed by atoms with Gasteiger partial charge in [-0.15, -0.1) is 0 Å². The molecular formula is C13H15FO2. The molecule has 3 heteroatoms. The fraction of sp³-hybridized carbons (Fsp3) is 0.462. The minimum Gasteiger partial charge on any atom is -0.378 e. The Labute approximate surface area is 94.4 Å². The van der Waals surface area contributed by atoms with Crippen LogP contribution in [0.25, 0.3) is 0 Å². The van der Waals surface area contributed by atoms with Crippen molar-refractivity contribution in [1.82, 2.24) is 0 Å². The first kappa shape index (κ1) is 11.3. The van der Waals surface area contributed by atoms with Gasteiger partial charge in [0.05, 0.1) is 6.61 Å². The first-order valence-corrected chi connectivity index (χ1v) is 5.53. The third kappa shape index (κ3) is 2.67. The molecule has 1 saturated heterocycles. The summed E-state index contributed by atoms with van der Waals surface area (Å²) in [6.45, 7) is 0.845. The molecule has 0 spiro atoms. The Balaban J connectivity index is 2.04. The molecule has 1 aromatic rings. The maximum Gasteiger partial charge on any atom is 0.150 e. The Morgan fingerprint density at radius 1 is 1.38 bits per heavy atom. The number of carbonyl (C=O) groups is 1. The van der Waals surface area contributed by atoms with Crippen LogP contribution in [0.15, 0.2) is 24.3 Å². The first-order valence-electron chi connectivity index (χ1n) is 5.53. The molecule has 1 fully saturated rings. The second kappa shape index (κ2) is 4.74. The molecule has 1 atom stereocenters. The molecule has 16 heavy (non-hydrogen) atoms. The van der Waals surface area contributed by atoms with Crippen molar-refractivity contribution in [1.29, 1.82) is 0 Å². The molecule has 0 aliphatic carbocycles. The van der Waals surface area contributed by atoms with Crippen LogP contribution in [0.5, 0.6) is 0 Å². The zero-order valence-corrected chi connectivity index (χ0v) is 9.12. The molecule has 1 aromatic carbocycles. The molecule has 0 bridgehead atoms. The molecule has 0 amide bonds. The van der Waals surface area contributed by atoms with Crippen LogP contribution in [-0.2, 0) is 11.2 Å². The number of aldehydes is 1. The maximum atomic E-state index is 14.2. The van der Waals surface area contributed by atoms with E-state index in [9.17, 15) is 9.18 Å². The second-order valence-corrected chi connectivity index (χ2v) is 4.34. The van der Waals surface area contributed by atoms with Gasteiger partial charge in [0.25, 0.3) is 0 Å². The van der Waals surface area contributed by atoms with E-state index in [2.05, 4.69) is 0 Å². The minimum absolute atomic E-state index is 0.183. The van der Waals surface area contributed by atoms with E-state index in [1.165, 1.54) is 0 Å². The predicted molar refractivity (Wildman–Crippen MR) is 59.4 cm³/mol. The van der Waals surface area contributed by atoms with Gasteiger partial charge < -0.3 is 4.74 Å². The fourth-order valence-electron chi connectivity index (χ4n) is 2.04. The van der Waals surface area contributed by atoms with Crippen LogP contribution in [0.4, 0.5) is 4.39 Å². The fourth-order valence-corrected chi connectivity index (χ4v) is 2.04. The molecule has 86 valence electrons. The average molecular weight is 222 g/mol. The van der Waals surface area contributed by atoms with Gasteiger partial charge in [0, 0.05) is 18.6 Å². The third-order valence-electron chi connectivity index (χ3n) is 2.91. The van der Waals surface area contributed by atoms with Crippen molar-refractivity contribution < 1.29 is 13.9 Å². The molecule has 0 saturated carbocycles. The van der Waals surface area contributed by atoms with Gasteiger partial charge in [-0.3, -0.25) is 4.79 Å². The highest BCUT2D eigenvalue weighted by molar-refractivity contribution is 5.74. The van der Waals surface area contributed by atoms with Crippen LogP contribution in [0.1, 0.15) is 28.8 Å². The first-order chi connectivity index (χ1) is 7.72. The Kier molecular flexibility index (Phi) is 3.34. The van der Waals surface area contributed by atoms with Gasteiger partial charge in [-0.05, 0) is 18.4 Å². The third-order valence-corrected chi connectivity index (χ3v) is 2.91. The van der Waals surface area contributed by atoms with Crippen molar-refractivity contribution in [2.75, 3.05) is 13.2 Å². The van der Waals surface area contributed by atoms with E-state index in [-0.39, 0.29) is 6.61 Å². The van der Waals surface area contributed by atoms with E-state index in [1.54, 1.807) is 24.3 Å². The largest absolute Gasteiger partial charge is 0.378 e. The van der Waals surface area contributed by atoms with E-state index >= 15 is 0 Å². The summed E-state index contributed by atoms with van der Waals surface area (Å²) in [6, 6.07) is 7.05. The molecule has 1 heterocycles. The van der Waals surface area contributed by atoms with Gasteiger partial charge in [0.15, 0.2) is 0 Å². The quantitative estimate of drug-likeness (QED) is 0.735. The van der Waals surface area contributed by atoms with Crippen LogP contribution in [-0.4, -0.2) is 25.2 Å². The Hall–Kier alpha value is -1.22. The molecule has 1 aliphatic rings. The summed E-state index contributed by atoms with van der Waals surface area (Å²) < 4.78 is 19.4. The van der Waals surface area contributed by atoms with E-state index in [4.69, 9.17) is 4.74 Å². The number of benzene rings is 1. The molecule has 2 nitrogen and oxygen atoms in total. The summed E-state index contributed by atoms with van der Waals surface area (Å²) in [5.41, 5.74) is 0.302. The van der Waals surface area contributed by atoms with Gasteiger partial charge in [-0.25, -0.2) is 4.39 Å². The van der Waals surface area contributed by atoms with Crippen molar-refractivity contribution in [2.24, 2.45) is 0 Å². The SMILES string of the molecule is O=Cc1ccc(CC2(F)CCCOC2)cc1. The van der Waals surface area contributed by atoms with Crippen LogP contribution in [0, 0.1) is 0 Å². The predicted octanol–water partition coefficient (Wildman–Crippen LogP) is 2.56. The van der Waals surface area contributed by atoms with Crippen molar-refractivity contribution in [3.05, 3.63) is 35.4 Å². The standard InChI is InChI=1S/C13H15FO2/c14-13(6-1-7-16-10-13)8-11-2-4-12(9-15)5-3-11/h2-5,9H,1,6-8,10H2. The lowest BCUT2D eigenvalue weighted by Gasteiger charge is -2.29. The summed E-state index contributed by atoms with van der Waals surface area (Å²) in [4.78, 5) is 10.5. The highest BCUT2D eigenvalue weighted by atomic mass is 19.1. The van der Waals surface area contributed by atoms with Crippen LogP contribution in [0.2, 0.25) is 0 Å². The number of carbonyl (C=O) groups excluding carboxylic acids is 1. The molecule has 1 aliphatic heterocycles. The van der Waals surface area contributed by atoms with Crippen LogP contribution in [0.3, 0.4) is 0 Å². The average Bonchev–Trinajstić information content (AvgIpc) is 2.30. The van der Waals surface area contributed by atoms with Gasteiger partial charge in [-0.1, -0.05) is 24.3 Å². The summed E-state index contributed by atoms with van der Waals surface area (Å²) in [7, 11) is 0. The number of rotatable bonds is 3. The minimum atomic E-state index is -1.24. The van der Waals surface area contributed by atoms with E-state index < -0.39 is 5.67 Å². The van der Waals surface area contributed by atoms with Crippen molar-refractivity contribution >= 4 is 6.29 Å². The molecular weight excluding hydrogens is 207 g/mol. The zero-order valence-electron chi connectivity index (χ0n) is 9.12. The van der Waals surface area contributed by atoms with E-state index in [0.29, 0.717) is 25.0 Å². The topological polar surface area (TPSA) is 26.3 Å². The van der Waals surface area contributed by atoms with Crippen molar-refractivity contribution in [3.63, 3.8) is 0 Å². The van der Waals surface area contributed by atoms with Gasteiger partial charge in [0.1, 0.15) is 12.0 Å². The smallest absolute Gasteiger partial charge is 0.150 e. The number of hydrogen-bond acceptors (Lipinski definition) is 2. The Morgan fingerprint density at radius 3 is 2.69 bits per heavy atom.